The van der Waals surface area contributed by atoms with E-state index in [0.29, 0.717) is 35.8 Å². The van der Waals surface area contributed by atoms with Gasteiger partial charge >= 0.3 is 0 Å². The molecule has 1 aliphatic heterocycles. The molecule has 1 heterocycles. The third-order valence-electron chi connectivity index (χ3n) is 5.49. The molecule has 0 aliphatic carbocycles. The Morgan fingerprint density at radius 2 is 1.83 bits per heavy atom. The van der Waals surface area contributed by atoms with Gasteiger partial charge in [0.2, 0.25) is 5.91 Å². The Morgan fingerprint density at radius 3 is 2.48 bits per heavy atom. The number of carbonyl (C=O) groups is 2. The predicted molar refractivity (Wildman–Crippen MR) is 117 cm³/mol. The van der Waals surface area contributed by atoms with Crippen LogP contribution in [0.2, 0.25) is 5.02 Å². The third-order valence-corrected chi connectivity index (χ3v) is 5.83. The molecule has 2 amide bonds. The lowest BCUT2D eigenvalue weighted by atomic mass is 10.0. The zero-order chi connectivity index (χ0) is 20.8. The number of carbonyl (C=O) groups excluding carboxylic acids is 2. The Hall–Kier alpha value is -2.37. The van der Waals surface area contributed by atoms with Gasteiger partial charge in [-0.1, -0.05) is 55.8 Å². The summed E-state index contributed by atoms with van der Waals surface area (Å²) >= 11 is 6.45. The smallest absolute Gasteiger partial charge is 0.253 e. The summed E-state index contributed by atoms with van der Waals surface area (Å²) in [5, 5.41) is 3.77. The summed E-state index contributed by atoms with van der Waals surface area (Å²) < 4.78 is 0. The molecule has 5 nitrogen and oxygen atoms in total. The van der Waals surface area contributed by atoms with Crippen LogP contribution < -0.4 is 10.2 Å². The van der Waals surface area contributed by atoms with Crippen molar-refractivity contribution in [3.8, 4) is 0 Å². The molecule has 0 bridgehead atoms. The molecule has 2 aromatic rings. The maximum absolute atomic E-state index is 13.0. The fourth-order valence-electron chi connectivity index (χ4n) is 3.93. The van der Waals surface area contributed by atoms with E-state index < -0.39 is 0 Å². The summed E-state index contributed by atoms with van der Waals surface area (Å²) in [6, 6.07) is 15.0. The summed E-state index contributed by atoms with van der Waals surface area (Å²) in [7, 11) is 0. The van der Waals surface area contributed by atoms with Gasteiger partial charge in [-0.2, -0.15) is 0 Å². The van der Waals surface area contributed by atoms with Crippen LogP contribution in [0.5, 0.6) is 0 Å². The first kappa shape index (κ1) is 21.3. The van der Waals surface area contributed by atoms with Gasteiger partial charge in [-0.25, -0.2) is 0 Å². The maximum atomic E-state index is 13.0. The van der Waals surface area contributed by atoms with Gasteiger partial charge in [0, 0.05) is 24.5 Å². The van der Waals surface area contributed by atoms with Crippen molar-refractivity contribution in [3.63, 3.8) is 0 Å². The quantitative estimate of drug-likeness (QED) is 0.702. The number of hydrogen-bond acceptors (Lipinski definition) is 3. The molecule has 0 radical (unpaired) electrons. The van der Waals surface area contributed by atoms with Crippen LogP contribution in [-0.2, 0) is 4.79 Å². The lowest BCUT2D eigenvalue weighted by Gasteiger charge is -2.31. The summed E-state index contributed by atoms with van der Waals surface area (Å²) in [5.41, 5.74) is 2.21. The van der Waals surface area contributed by atoms with Crippen LogP contribution in [0.1, 0.15) is 48.7 Å². The number of hydrogen-bond donors (Lipinski definition) is 1. The molecule has 3 rings (SSSR count). The van der Waals surface area contributed by atoms with Crippen molar-refractivity contribution < 1.29 is 9.59 Å². The largest absolute Gasteiger partial charge is 0.350 e. The van der Waals surface area contributed by atoms with Gasteiger partial charge in [0.1, 0.15) is 0 Å². The molecule has 1 N–H and O–H groups in total. The summed E-state index contributed by atoms with van der Waals surface area (Å²) in [4.78, 5) is 29.2. The molecule has 1 saturated heterocycles. The van der Waals surface area contributed by atoms with Crippen molar-refractivity contribution in [1.29, 1.82) is 0 Å². The van der Waals surface area contributed by atoms with Gasteiger partial charge in [-0.05, 0) is 43.3 Å². The van der Waals surface area contributed by atoms with Crippen molar-refractivity contribution in [2.75, 3.05) is 31.1 Å². The standard InChI is InChI=1S/C23H28ClN3O2/c1-3-26(4-2)21(17-10-5-7-12-19(17)24)16-25-23(29)18-11-6-8-13-20(18)27-15-9-14-22(27)28/h5-8,10-13,21H,3-4,9,14-16H2,1-2H3,(H,25,29)/t21-/m0/s1. The monoisotopic (exact) mass is 413 g/mol. The number of para-hydroxylation sites is 1. The lowest BCUT2D eigenvalue weighted by Crippen LogP contribution is -2.38. The van der Waals surface area contributed by atoms with Crippen molar-refractivity contribution in [2.24, 2.45) is 0 Å². The fourth-order valence-corrected chi connectivity index (χ4v) is 4.20. The van der Waals surface area contributed by atoms with E-state index in [0.717, 1.165) is 25.1 Å². The number of benzene rings is 2. The number of likely N-dealkylation sites (N-methyl/N-ethyl adjacent to an activating group) is 1. The average Bonchev–Trinajstić information content (AvgIpc) is 3.17. The Labute approximate surface area is 177 Å². The van der Waals surface area contributed by atoms with Crippen LogP contribution in [0, 0.1) is 0 Å². The van der Waals surface area contributed by atoms with Crippen LogP contribution in [-0.4, -0.2) is 42.9 Å². The van der Waals surface area contributed by atoms with E-state index in [-0.39, 0.29) is 17.9 Å². The molecule has 1 atom stereocenters. The van der Waals surface area contributed by atoms with Crippen LogP contribution >= 0.6 is 11.6 Å². The van der Waals surface area contributed by atoms with Gasteiger partial charge in [0.15, 0.2) is 0 Å². The van der Waals surface area contributed by atoms with E-state index in [2.05, 4.69) is 24.1 Å². The molecule has 0 aromatic heterocycles. The number of nitrogens with zero attached hydrogens (tertiary/aromatic N) is 2. The van der Waals surface area contributed by atoms with Crippen LogP contribution in [0.25, 0.3) is 0 Å². The van der Waals surface area contributed by atoms with E-state index >= 15 is 0 Å². The van der Waals surface area contributed by atoms with E-state index in [9.17, 15) is 9.59 Å². The lowest BCUT2D eigenvalue weighted by molar-refractivity contribution is -0.117. The Bertz CT molecular complexity index is 867. The van der Waals surface area contributed by atoms with Gasteiger partial charge in [-0.15, -0.1) is 0 Å². The summed E-state index contributed by atoms with van der Waals surface area (Å²) in [6.07, 6.45) is 1.36. The van der Waals surface area contributed by atoms with Crippen molar-refractivity contribution >= 4 is 29.1 Å². The Morgan fingerprint density at radius 1 is 1.14 bits per heavy atom. The number of amides is 2. The van der Waals surface area contributed by atoms with E-state index in [1.165, 1.54) is 0 Å². The van der Waals surface area contributed by atoms with E-state index in [1.807, 2.05) is 42.5 Å². The number of halogens is 1. The molecular formula is C23H28ClN3O2. The predicted octanol–water partition coefficient (Wildman–Crippen LogP) is 4.28. The molecule has 1 fully saturated rings. The topological polar surface area (TPSA) is 52.7 Å². The van der Waals surface area contributed by atoms with Crippen molar-refractivity contribution in [2.45, 2.75) is 32.7 Å². The number of rotatable bonds is 8. The van der Waals surface area contributed by atoms with Gasteiger partial charge in [0.05, 0.1) is 17.3 Å². The molecule has 6 heteroatoms. The zero-order valence-corrected chi connectivity index (χ0v) is 17.8. The first-order valence-corrected chi connectivity index (χ1v) is 10.6. The van der Waals surface area contributed by atoms with Gasteiger partial charge in [0.25, 0.3) is 5.91 Å². The van der Waals surface area contributed by atoms with Crippen LogP contribution in [0.3, 0.4) is 0 Å². The van der Waals surface area contributed by atoms with E-state index in [1.54, 1.807) is 11.0 Å². The first-order chi connectivity index (χ1) is 14.1. The van der Waals surface area contributed by atoms with Gasteiger partial charge in [-0.3, -0.25) is 14.5 Å². The molecule has 1 aliphatic rings. The van der Waals surface area contributed by atoms with Crippen LogP contribution in [0.15, 0.2) is 48.5 Å². The second kappa shape index (κ2) is 9.90. The molecular weight excluding hydrogens is 386 g/mol. The molecule has 0 unspecified atom stereocenters. The SMILES string of the molecule is CCN(CC)[C@@H](CNC(=O)c1ccccc1N1CCCC1=O)c1ccccc1Cl. The normalized spacial score (nSPS) is 15.0. The molecule has 0 saturated carbocycles. The molecule has 154 valence electrons. The molecule has 29 heavy (non-hydrogen) atoms. The minimum atomic E-state index is -0.176. The van der Waals surface area contributed by atoms with Gasteiger partial charge < -0.3 is 10.2 Å². The first-order valence-electron chi connectivity index (χ1n) is 10.2. The highest BCUT2D eigenvalue weighted by Crippen LogP contribution is 2.28. The highest BCUT2D eigenvalue weighted by Gasteiger charge is 2.26. The van der Waals surface area contributed by atoms with Crippen LogP contribution in [0.4, 0.5) is 5.69 Å². The minimum absolute atomic E-state index is 0.0248. The molecule has 0 spiro atoms. The highest BCUT2D eigenvalue weighted by molar-refractivity contribution is 6.31. The zero-order valence-electron chi connectivity index (χ0n) is 17.0. The Kier molecular flexibility index (Phi) is 7.29. The summed E-state index contributed by atoms with van der Waals surface area (Å²) in [5.74, 6) is -0.105. The van der Waals surface area contributed by atoms with Crippen molar-refractivity contribution in [1.82, 2.24) is 10.2 Å². The minimum Gasteiger partial charge on any atom is -0.350 e. The summed E-state index contributed by atoms with van der Waals surface area (Å²) in [6.45, 7) is 6.99. The fraction of sp³-hybridized carbons (Fsp3) is 0.391. The van der Waals surface area contributed by atoms with E-state index in [4.69, 9.17) is 11.6 Å². The van der Waals surface area contributed by atoms with Crippen molar-refractivity contribution in [3.05, 3.63) is 64.7 Å². The third kappa shape index (κ3) is 4.80. The molecule has 2 aromatic carbocycles. The number of nitrogens with one attached hydrogen (secondary N) is 1. The highest BCUT2D eigenvalue weighted by atomic mass is 35.5. The maximum Gasteiger partial charge on any atom is 0.253 e. The Balaban J connectivity index is 1.81. The second-order valence-corrected chi connectivity index (χ2v) is 7.54. The second-order valence-electron chi connectivity index (χ2n) is 7.13. The average molecular weight is 414 g/mol. The number of anilines is 1.